The van der Waals surface area contributed by atoms with Crippen LogP contribution in [0.4, 0.5) is 16.2 Å². The first-order valence-electron chi connectivity index (χ1n) is 8.78. The lowest BCUT2D eigenvalue weighted by Gasteiger charge is -2.32. The van der Waals surface area contributed by atoms with Gasteiger partial charge in [-0.2, -0.15) is 0 Å². The Morgan fingerprint density at radius 2 is 1.77 bits per heavy atom. The average Bonchev–Trinajstić information content (AvgIpc) is 2.67. The maximum Gasteiger partial charge on any atom is 0.319 e. The Morgan fingerprint density at radius 1 is 1.04 bits per heavy atom. The van der Waals surface area contributed by atoms with Crippen LogP contribution >= 0.6 is 0 Å². The van der Waals surface area contributed by atoms with Crippen LogP contribution in [-0.4, -0.2) is 30.2 Å². The molecule has 136 valence electrons. The van der Waals surface area contributed by atoms with Crippen molar-refractivity contribution in [1.82, 2.24) is 5.32 Å². The molecule has 0 atom stereocenters. The van der Waals surface area contributed by atoms with Crippen LogP contribution in [0.5, 0.6) is 0 Å². The second-order valence-corrected chi connectivity index (χ2v) is 6.44. The molecule has 6 nitrogen and oxygen atoms in total. The normalized spacial score (nSPS) is 14.7. The van der Waals surface area contributed by atoms with Gasteiger partial charge in [0, 0.05) is 31.0 Å². The summed E-state index contributed by atoms with van der Waals surface area (Å²) in [6, 6.07) is 17.1. The molecule has 0 aromatic heterocycles. The minimum absolute atomic E-state index is 0.253. The van der Waals surface area contributed by atoms with Crippen molar-refractivity contribution in [3.63, 3.8) is 0 Å². The van der Waals surface area contributed by atoms with E-state index in [0.29, 0.717) is 38.2 Å². The molecule has 0 aliphatic carbocycles. The summed E-state index contributed by atoms with van der Waals surface area (Å²) < 4.78 is 0. The molecule has 0 spiro atoms. The highest BCUT2D eigenvalue weighted by Gasteiger charge is 2.24. The summed E-state index contributed by atoms with van der Waals surface area (Å²) in [5.41, 5.74) is 2.75. The van der Waals surface area contributed by atoms with Gasteiger partial charge in [-0.1, -0.05) is 36.4 Å². The van der Waals surface area contributed by atoms with Gasteiger partial charge in [-0.05, 0) is 36.6 Å². The molecule has 1 aliphatic rings. The number of hydrogen-bond acceptors (Lipinski definition) is 3. The second kappa shape index (κ2) is 8.38. The van der Waals surface area contributed by atoms with E-state index in [2.05, 4.69) is 15.5 Å². The number of carboxylic acids is 1. The van der Waals surface area contributed by atoms with Gasteiger partial charge < -0.3 is 20.6 Å². The molecule has 0 bridgehead atoms. The van der Waals surface area contributed by atoms with Gasteiger partial charge in [-0.25, -0.2) is 4.79 Å². The first-order chi connectivity index (χ1) is 12.6. The molecule has 2 amide bonds. The van der Waals surface area contributed by atoms with Gasteiger partial charge in [-0.15, -0.1) is 0 Å². The maximum atomic E-state index is 12.1. The predicted octanol–water partition coefficient (Wildman–Crippen LogP) is 3.31. The first kappa shape index (κ1) is 17.8. The number of nitrogens with one attached hydrogen (secondary N) is 2. The highest BCUT2D eigenvalue weighted by Crippen LogP contribution is 2.25. The number of benzene rings is 2. The van der Waals surface area contributed by atoms with E-state index >= 15 is 0 Å². The van der Waals surface area contributed by atoms with Crippen LogP contribution in [0.15, 0.2) is 54.6 Å². The molecule has 1 fully saturated rings. The molecule has 1 aliphatic heterocycles. The Hall–Kier alpha value is -3.02. The third-order valence-corrected chi connectivity index (χ3v) is 4.61. The van der Waals surface area contributed by atoms with E-state index in [1.54, 1.807) is 0 Å². The molecule has 0 saturated carbocycles. The molecule has 26 heavy (non-hydrogen) atoms. The molecular formula is C20H23N3O3. The first-order valence-corrected chi connectivity index (χ1v) is 8.78. The van der Waals surface area contributed by atoms with Crippen molar-refractivity contribution in [2.75, 3.05) is 23.3 Å². The minimum Gasteiger partial charge on any atom is -0.481 e. The topological polar surface area (TPSA) is 81.7 Å². The van der Waals surface area contributed by atoms with Gasteiger partial charge in [0.15, 0.2) is 0 Å². The number of nitrogens with zero attached hydrogens (tertiary/aromatic N) is 1. The van der Waals surface area contributed by atoms with E-state index in [1.807, 2.05) is 54.6 Å². The molecular weight excluding hydrogens is 330 g/mol. The lowest BCUT2D eigenvalue weighted by Crippen LogP contribution is -2.36. The van der Waals surface area contributed by atoms with Crippen molar-refractivity contribution in [1.29, 1.82) is 0 Å². The van der Waals surface area contributed by atoms with Crippen molar-refractivity contribution in [3.8, 4) is 0 Å². The second-order valence-electron chi connectivity index (χ2n) is 6.44. The van der Waals surface area contributed by atoms with Crippen LogP contribution in [0.1, 0.15) is 18.4 Å². The summed E-state index contributed by atoms with van der Waals surface area (Å²) in [6.45, 7) is 1.89. The SMILES string of the molecule is O=C(NCc1ccccc1)Nc1cccc(N2CCC(C(=O)O)CC2)c1. The average molecular weight is 353 g/mol. The smallest absolute Gasteiger partial charge is 0.319 e. The summed E-state index contributed by atoms with van der Waals surface area (Å²) in [5.74, 6) is -0.966. The minimum atomic E-state index is -0.713. The molecule has 6 heteroatoms. The van der Waals surface area contributed by atoms with Crippen LogP contribution in [0.2, 0.25) is 0 Å². The van der Waals surface area contributed by atoms with Crippen molar-refractivity contribution >= 4 is 23.4 Å². The zero-order valence-corrected chi connectivity index (χ0v) is 14.5. The van der Waals surface area contributed by atoms with Crippen LogP contribution in [0.25, 0.3) is 0 Å². The molecule has 3 rings (SSSR count). The van der Waals surface area contributed by atoms with Gasteiger partial charge in [0.2, 0.25) is 0 Å². The summed E-state index contributed by atoms with van der Waals surface area (Å²) in [5, 5.41) is 14.8. The number of amides is 2. The molecule has 0 radical (unpaired) electrons. The summed E-state index contributed by atoms with van der Waals surface area (Å²) in [4.78, 5) is 25.3. The number of anilines is 2. The molecule has 1 heterocycles. The van der Waals surface area contributed by atoms with E-state index in [4.69, 9.17) is 5.11 Å². The Bertz CT molecular complexity index is 756. The van der Waals surface area contributed by atoms with E-state index in [-0.39, 0.29) is 11.9 Å². The maximum absolute atomic E-state index is 12.1. The van der Waals surface area contributed by atoms with E-state index < -0.39 is 5.97 Å². The van der Waals surface area contributed by atoms with Gasteiger partial charge >= 0.3 is 12.0 Å². The monoisotopic (exact) mass is 353 g/mol. The third-order valence-electron chi connectivity index (χ3n) is 4.61. The number of carbonyl (C=O) groups excluding carboxylic acids is 1. The summed E-state index contributed by atoms with van der Waals surface area (Å²) >= 11 is 0. The predicted molar refractivity (Wildman–Crippen MR) is 101 cm³/mol. The lowest BCUT2D eigenvalue weighted by atomic mass is 9.97. The van der Waals surface area contributed by atoms with Crippen LogP contribution in [0, 0.1) is 5.92 Å². The van der Waals surface area contributed by atoms with E-state index in [1.165, 1.54) is 0 Å². The molecule has 1 saturated heterocycles. The summed E-state index contributed by atoms with van der Waals surface area (Å²) in [6.07, 6.45) is 1.29. The van der Waals surface area contributed by atoms with E-state index in [0.717, 1.165) is 11.3 Å². The molecule has 0 unspecified atom stereocenters. The number of aliphatic carboxylic acids is 1. The highest BCUT2D eigenvalue weighted by atomic mass is 16.4. The highest BCUT2D eigenvalue weighted by molar-refractivity contribution is 5.89. The van der Waals surface area contributed by atoms with Gasteiger partial charge in [-0.3, -0.25) is 4.79 Å². The molecule has 2 aromatic carbocycles. The Labute approximate surface area is 152 Å². The van der Waals surface area contributed by atoms with Crippen molar-refractivity contribution in [3.05, 3.63) is 60.2 Å². The number of rotatable bonds is 5. The van der Waals surface area contributed by atoms with Gasteiger partial charge in [0.05, 0.1) is 5.92 Å². The number of carboxylic acid groups (broad SMARTS) is 1. The molecule has 3 N–H and O–H groups in total. The van der Waals surface area contributed by atoms with Gasteiger partial charge in [0.25, 0.3) is 0 Å². The fraction of sp³-hybridized carbons (Fsp3) is 0.300. The van der Waals surface area contributed by atoms with Crippen LogP contribution in [0.3, 0.4) is 0 Å². The van der Waals surface area contributed by atoms with Crippen LogP contribution in [-0.2, 0) is 11.3 Å². The number of urea groups is 1. The zero-order chi connectivity index (χ0) is 18.4. The van der Waals surface area contributed by atoms with Crippen molar-refractivity contribution in [2.45, 2.75) is 19.4 Å². The number of piperidine rings is 1. The zero-order valence-electron chi connectivity index (χ0n) is 14.5. The standard InChI is InChI=1S/C20H23N3O3/c24-19(25)16-9-11-23(12-10-16)18-8-4-7-17(13-18)22-20(26)21-14-15-5-2-1-3-6-15/h1-8,13,16H,9-12,14H2,(H,24,25)(H2,21,22,26). The fourth-order valence-electron chi connectivity index (χ4n) is 3.12. The summed E-state index contributed by atoms with van der Waals surface area (Å²) in [7, 11) is 0. The number of hydrogen-bond donors (Lipinski definition) is 3. The quantitative estimate of drug-likeness (QED) is 0.770. The van der Waals surface area contributed by atoms with Crippen molar-refractivity contribution < 1.29 is 14.7 Å². The third kappa shape index (κ3) is 4.75. The largest absolute Gasteiger partial charge is 0.481 e. The fourth-order valence-corrected chi connectivity index (χ4v) is 3.12. The van der Waals surface area contributed by atoms with Crippen molar-refractivity contribution in [2.24, 2.45) is 5.92 Å². The number of carbonyl (C=O) groups is 2. The molecule has 2 aromatic rings. The Balaban J connectivity index is 1.54. The Morgan fingerprint density at radius 3 is 2.46 bits per heavy atom. The van der Waals surface area contributed by atoms with Gasteiger partial charge in [0.1, 0.15) is 0 Å². The van der Waals surface area contributed by atoms with E-state index in [9.17, 15) is 9.59 Å². The Kier molecular flexibility index (Phi) is 5.73. The lowest BCUT2D eigenvalue weighted by molar-refractivity contribution is -0.142. The van der Waals surface area contributed by atoms with Crippen LogP contribution < -0.4 is 15.5 Å².